The fourth-order valence-corrected chi connectivity index (χ4v) is 3.11. The number of carbonyl (C=O) groups excluding carboxylic acids is 1. The van der Waals surface area contributed by atoms with Crippen LogP contribution in [0.25, 0.3) is 0 Å². The number of rotatable bonds is 1. The van der Waals surface area contributed by atoms with Crippen LogP contribution < -0.4 is 0 Å². The van der Waals surface area contributed by atoms with Crippen LogP contribution in [0.3, 0.4) is 0 Å². The minimum Gasteiger partial charge on any atom is -0.298 e. The Bertz CT molecular complexity index is 251. The van der Waals surface area contributed by atoms with Gasteiger partial charge in [-0.2, -0.15) is 0 Å². The number of nitrogens with zero attached hydrogens (tertiary/aromatic N) is 1. The first-order valence-corrected chi connectivity index (χ1v) is 6.95. The maximum Gasteiger partial charge on any atom is 0.149 e. The van der Waals surface area contributed by atoms with E-state index in [1.54, 1.807) is 0 Å². The summed E-state index contributed by atoms with van der Waals surface area (Å²) in [4.78, 5) is 14.5. The lowest BCUT2D eigenvalue weighted by molar-refractivity contribution is -0.125. The topological polar surface area (TPSA) is 20.3 Å². The molecule has 0 aromatic rings. The lowest BCUT2D eigenvalue weighted by Gasteiger charge is -2.39. The van der Waals surface area contributed by atoms with Gasteiger partial charge in [0, 0.05) is 13.0 Å². The highest BCUT2D eigenvalue weighted by Crippen LogP contribution is 2.27. The Morgan fingerprint density at radius 2 is 1.88 bits per heavy atom. The van der Waals surface area contributed by atoms with Gasteiger partial charge in [-0.15, -0.1) is 0 Å². The highest BCUT2D eigenvalue weighted by Gasteiger charge is 2.31. The molecular formula is C14H25NO. The number of hydrogen-bond donors (Lipinski definition) is 0. The number of ketones is 1. The van der Waals surface area contributed by atoms with Crippen LogP contribution in [0.15, 0.2) is 0 Å². The van der Waals surface area contributed by atoms with Crippen LogP contribution in [0, 0.1) is 11.8 Å². The molecule has 3 atom stereocenters. The van der Waals surface area contributed by atoms with E-state index in [1.807, 2.05) is 0 Å². The van der Waals surface area contributed by atoms with Crippen molar-refractivity contribution in [3.05, 3.63) is 0 Å². The quantitative estimate of drug-likeness (QED) is 0.637. The normalized spacial score (nSPS) is 38.4. The molecule has 0 spiro atoms. The zero-order valence-corrected chi connectivity index (χ0v) is 10.7. The van der Waals surface area contributed by atoms with Gasteiger partial charge in [0.2, 0.25) is 0 Å². The highest BCUT2D eigenvalue weighted by molar-refractivity contribution is 5.84. The minimum absolute atomic E-state index is 0.262. The SMILES string of the molecule is CC1CCN(C2CCCCCC2=O)CC1C. The first-order chi connectivity index (χ1) is 7.68. The summed E-state index contributed by atoms with van der Waals surface area (Å²) in [5.41, 5.74) is 0. The molecule has 3 unspecified atom stereocenters. The zero-order chi connectivity index (χ0) is 11.5. The van der Waals surface area contributed by atoms with Crippen LogP contribution in [0.1, 0.15) is 52.4 Å². The average Bonchev–Trinajstić information content (AvgIpc) is 2.47. The van der Waals surface area contributed by atoms with Crippen LogP contribution in [-0.2, 0) is 4.79 Å². The fraction of sp³-hybridized carbons (Fsp3) is 0.929. The van der Waals surface area contributed by atoms with Crippen molar-refractivity contribution in [2.75, 3.05) is 13.1 Å². The second-order valence-corrected chi connectivity index (χ2v) is 5.82. The molecule has 0 bridgehead atoms. The molecule has 2 aliphatic rings. The molecular weight excluding hydrogens is 198 g/mol. The monoisotopic (exact) mass is 223 g/mol. The van der Waals surface area contributed by atoms with Crippen molar-refractivity contribution in [3.8, 4) is 0 Å². The molecule has 1 aliphatic heterocycles. The molecule has 16 heavy (non-hydrogen) atoms. The molecule has 1 saturated heterocycles. The predicted molar refractivity (Wildman–Crippen MR) is 66.4 cm³/mol. The summed E-state index contributed by atoms with van der Waals surface area (Å²) in [6.45, 7) is 6.95. The van der Waals surface area contributed by atoms with E-state index in [9.17, 15) is 4.79 Å². The number of carbonyl (C=O) groups is 1. The summed E-state index contributed by atoms with van der Waals surface area (Å²) >= 11 is 0. The molecule has 2 rings (SSSR count). The van der Waals surface area contributed by atoms with Gasteiger partial charge in [-0.25, -0.2) is 0 Å². The van der Waals surface area contributed by atoms with Crippen molar-refractivity contribution in [1.82, 2.24) is 4.90 Å². The van der Waals surface area contributed by atoms with E-state index in [2.05, 4.69) is 18.7 Å². The summed E-state index contributed by atoms with van der Waals surface area (Å²) in [7, 11) is 0. The van der Waals surface area contributed by atoms with Crippen LogP contribution >= 0.6 is 0 Å². The van der Waals surface area contributed by atoms with Crippen molar-refractivity contribution in [2.45, 2.75) is 58.4 Å². The summed E-state index contributed by atoms with van der Waals surface area (Å²) < 4.78 is 0. The van der Waals surface area contributed by atoms with E-state index in [1.165, 1.54) is 19.3 Å². The van der Waals surface area contributed by atoms with Crippen LogP contribution in [0.2, 0.25) is 0 Å². The summed E-state index contributed by atoms with van der Waals surface area (Å²) in [5.74, 6) is 2.10. The lowest BCUT2D eigenvalue weighted by atomic mass is 9.87. The van der Waals surface area contributed by atoms with Gasteiger partial charge < -0.3 is 0 Å². The average molecular weight is 223 g/mol. The van der Waals surface area contributed by atoms with Crippen LogP contribution in [0.4, 0.5) is 0 Å². The third kappa shape index (κ3) is 2.65. The maximum atomic E-state index is 12.1. The smallest absolute Gasteiger partial charge is 0.149 e. The second-order valence-electron chi connectivity index (χ2n) is 5.82. The first kappa shape index (κ1) is 12.1. The highest BCUT2D eigenvalue weighted by atomic mass is 16.1. The molecule has 2 nitrogen and oxygen atoms in total. The first-order valence-electron chi connectivity index (χ1n) is 6.95. The van der Waals surface area contributed by atoms with Gasteiger partial charge in [-0.1, -0.05) is 26.7 Å². The standard InChI is InChI=1S/C14H25NO/c1-11-8-9-15(10-12(11)2)13-6-4-3-5-7-14(13)16/h11-13H,3-10H2,1-2H3. The van der Waals surface area contributed by atoms with Gasteiger partial charge in [0.25, 0.3) is 0 Å². The van der Waals surface area contributed by atoms with E-state index in [0.29, 0.717) is 5.78 Å². The fourth-order valence-electron chi connectivity index (χ4n) is 3.11. The molecule has 0 radical (unpaired) electrons. The van der Waals surface area contributed by atoms with Gasteiger partial charge in [-0.3, -0.25) is 9.69 Å². The largest absolute Gasteiger partial charge is 0.298 e. The molecule has 2 fully saturated rings. The Kier molecular flexibility index (Phi) is 4.01. The van der Waals surface area contributed by atoms with Gasteiger partial charge in [0.05, 0.1) is 6.04 Å². The van der Waals surface area contributed by atoms with Crippen LogP contribution in [0.5, 0.6) is 0 Å². The zero-order valence-electron chi connectivity index (χ0n) is 10.7. The van der Waals surface area contributed by atoms with E-state index in [4.69, 9.17) is 0 Å². The summed E-state index contributed by atoms with van der Waals surface area (Å²) in [6, 6.07) is 0.262. The molecule has 1 saturated carbocycles. The van der Waals surface area contributed by atoms with E-state index in [0.717, 1.165) is 44.2 Å². The molecule has 0 amide bonds. The van der Waals surface area contributed by atoms with Crippen molar-refractivity contribution in [2.24, 2.45) is 11.8 Å². The Morgan fingerprint density at radius 3 is 2.62 bits per heavy atom. The molecule has 0 N–H and O–H groups in total. The minimum atomic E-state index is 0.262. The second kappa shape index (κ2) is 5.31. The van der Waals surface area contributed by atoms with Gasteiger partial charge in [0.15, 0.2) is 0 Å². The Morgan fingerprint density at radius 1 is 1.06 bits per heavy atom. The van der Waals surface area contributed by atoms with Gasteiger partial charge >= 0.3 is 0 Å². The number of piperidine rings is 1. The summed E-state index contributed by atoms with van der Waals surface area (Å²) in [5, 5.41) is 0. The Labute approximate surface area is 99.4 Å². The van der Waals surface area contributed by atoms with Crippen molar-refractivity contribution < 1.29 is 4.79 Å². The van der Waals surface area contributed by atoms with Crippen molar-refractivity contribution >= 4 is 5.78 Å². The van der Waals surface area contributed by atoms with E-state index >= 15 is 0 Å². The summed E-state index contributed by atoms with van der Waals surface area (Å²) in [6.07, 6.45) is 6.82. The van der Waals surface area contributed by atoms with Crippen LogP contribution in [-0.4, -0.2) is 29.8 Å². The Balaban J connectivity index is 1.97. The Hall–Kier alpha value is -0.370. The molecule has 2 heteroatoms. The van der Waals surface area contributed by atoms with Gasteiger partial charge in [0.1, 0.15) is 5.78 Å². The molecule has 1 heterocycles. The predicted octanol–water partition coefficient (Wildman–Crippen LogP) is 2.87. The molecule has 1 aliphatic carbocycles. The van der Waals surface area contributed by atoms with Crippen molar-refractivity contribution in [1.29, 1.82) is 0 Å². The maximum absolute atomic E-state index is 12.1. The third-order valence-corrected chi connectivity index (χ3v) is 4.58. The number of likely N-dealkylation sites (tertiary alicyclic amines) is 1. The van der Waals surface area contributed by atoms with E-state index < -0.39 is 0 Å². The number of Topliss-reactive ketones (excluding diaryl/α,β-unsaturated/α-hetero) is 1. The van der Waals surface area contributed by atoms with E-state index in [-0.39, 0.29) is 6.04 Å². The molecule has 0 aromatic heterocycles. The van der Waals surface area contributed by atoms with Gasteiger partial charge in [-0.05, 0) is 37.6 Å². The van der Waals surface area contributed by atoms with Crippen molar-refractivity contribution in [3.63, 3.8) is 0 Å². The molecule has 0 aromatic carbocycles. The molecule has 92 valence electrons. The lowest BCUT2D eigenvalue weighted by Crippen LogP contribution is -2.47. The number of hydrogen-bond acceptors (Lipinski definition) is 2. The third-order valence-electron chi connectivity index (χ3n) is 4.58.